The fraction of sp³-hybridized carbons (Fsp3) is 0.278. The number of benzene rings is 2. The molecular weight excluding hydrogens is 324 g/mol. The highest BCUT2D eigenvalue weighted by atomic mass is 32.2. The van der Waals surface area contributed by atoms with Crippen molar-refractivity contribution in [2.24, 2.45) is 0 Å². The Morgan fingerprint density at radius 3 is 1.96 bits per heavy atom. The molecule has 0 fully saturated rings. The van der Waals surface area contributed by atoms with Crippen molar-refractivity contribution in [1.29, 1.82) is 0 Å². The number of hydrogen-bond donors (Lipinski definition) is 2. The van der Waals surface area contributed by atoms with Crippen molar-refractivity contribution in [3.63, 3.8) is 0 Å². The van der Waals surface area contributed by atoms with E-state index in [-0.39, 0.29) is 10.8 Å². The third-order valence-electron chi connectivity index (χ3n) is 3.67. The predicted octanol–water partition coefficient (Wildman–Crippen LogP) is 3.00. The van der Waals surface area contributed by atoms with Crippen LogP contribution in [0.1, 0.15) is 24.5 Å². The Hall–Kier alpha value is -2.18. The monoisotopic (exact) mass is 346 g/mol. The molecule has 0 radical (unpaired) electrons. The van der Waals surface area contributed by atoms with Gasteiger partial charge in [-0.3, -0.25) is 4.79 Å². The van der Waals surface area contributed by atoms with Gasteiger partial charge in [-0.15, -0.1) is 0 Å². The van der Waals surface area contributed by atoms with Gasteiger partial charge in [-0.2, -0.15) is 4.72 Å². The van der Waals surface area contributed by atoms with E-state index in [1.807, 2.05) is 26.0 Å². The van der Waals surface area contributed by atoms with Gasteiger partial charge in [-0.1, -0.05) is 42.3 Å². The molecule has 128 valence electrons. The Morgan fingerprint density at radius 2 is 1.46 bits per heavy atom. The third-order valence-corrected chi connectivity index (χ3v) is 5.16. The molecule has 2 N–H and O–H groups in total. The van der Waals surface area contributed by atoms with Gasteiger partial charge in [0.15, 0.2) is 0 Å². The smallest absolute Gasteiger partial charge is 0.242 e. The first-order chi connectivity index (χ1) is 11.3. The minimum Gasteiger partial charge on any atom is -0.325 e. The summed E-state index contributed by atoms with van der Waals surface area (Å²) < 4.78 is 27.3. The minimum absolute atomic E-state index is 0.148. The van der Waals surface area contributed by atoms with E-state index in [0.29, 0.717) is 12.1 Å². The van der Waals surface area contributed by atoms with Crippen molar-refractivity contribution in [3.8, 4) is 0 Å². The van der Waals surface area contributed by atoms with Gasteiger partial charge in [0.25, 0.3) is 0 Å². The number of carbonyl (C=O) groups is 1. The molecule has 24 heavy (non-hydrogen) atoms. The molecule has 0 saturated carbocycles. The largest absolute Gasteiger partial charge is 0.325 e. The fourth-order valence-electron chi connectivity index (χ4n) is 2.16. The number of aryl methyl sites for hydroxylation is 2. The van der Waals surface area contributed by atoms with E-state index in [0.717, 1.165) is 11.1 Å². The lowest BCUT2D eigenvalue weighted by atomic mass is 10.2. The summed E-state index contributed by atoms with van der Waals surface area (Å²) in [4.78, 5) is 12.5. The zero-order chi connectivity index (χ0) is 17.7. The van der Waals surface area contributed by atoms with Crippen molar-refractivity contribution < 1.29 is 13.2 Å². The van der Waals surface area contributed by atoms with Gasteiger partial charge in [-0.05, 0) is 44.5 Å². The van der Waals surface area contributed by atoms with Crippen LogP contribution in [0.15, 0.2) is 53.4 Å². The lowest BCUT2D eigenvalue weighted by Gasteiger charge is -2.17. The number of rotatable bonds is 6. The maximum Gasteiger partial charge on any atom is 0.242 e. The first-order valence-corrected chi connectivity index (χ1v) is 9.26. The Labute approximate surface area is 143 Å². The standard InChI is InChI=1S/C18H22N2O3S/c1-4-17(18(21)19-15-9-5-13(2)6-10-15)20-24(22,23)16-11-7-14(3)8-12-16/h5-12,17,20H,4H2,1-3H3,(H,19,21). The second-order valence-electron chi connectivity index (χ2n) is 5.75. The van der Waals surface area contributed by atoms with Crippen LogP contribution in [0, 0.1) is 13.8 Å². The predicted molar refractivity (Wildman–Crippen MR) is 95.4 cm³/mol. The molecule has 0 aliphatic heterocycles. The van der Waals surface area contributed by atoms with E-state index < -0.39 is 16.1 Å². The van der Waals surface area contributed by atoms with Gasteiger partial charge in [0.05, 0.1) is 4.90 Å². The van der Waals surface area contributed by atoms with Gasteiger partial charge in [0.2, 0.25) is 15.9 Å². The molecule has 0 aliphatic rings. The molecule has 1 amide bonds. The van der Waals surface area contributed by atoms with E-state index >= 15 is 0 Å². The third kappa shape index (κ3) is 4.66. The second kappa shape index (κ2) is 7.59. The zero-order valence-corrected chi connectivity index (χ0v) is 14.9. The van der Waals surface area contributed by atoms with Gasteiger partial charge in [0.1, 0.15) is 6.04 Å². The highest BCUT2D eigenvalue weighted by molar-refractivity contribution is 7.89. The Morgan fingerprint density at radius 1 is 0.958 bits per heavy atom. The van der Waals surface area contributed by atoms with Crippen molar-refractivity contribution >= 4 is 21.6 Å². The molecule has 0 spiro atoms. The van der Waals surface area contributed by atoms with Crippen LogP contribution in [0.2, 0.25) is 0 Å². The average Bonchev–Trinajstić information content (AvgIpc) is 2.55. The lowest BCUT2D eigenvalue weighted by Crippen LogP contribution is -2.43. The van der Waals surface area contributed by atoms with Crippen LogP contribution in [0.4, 0.5) is 5.69 Å². The normalized spacial score (nSPS) is 12.6. The SMILES string of the molecule is CCC(NS(=O)(=O)c1ccc(C)cc1)C(=O)Nc1ccc(C)cc1. The molecule has 5 nitrogen and oxygen atoms in total. The number of sulfonamides is 1. The van der Waals surface area contributed by atoms with Crippen LogP contribution in [0.3, 0.4) is 0 Å². The van der Waals surface area contributed by atoms with Crippen LogP contribution >= 0.6 is 0 Å². The molecule has 0 bridgehead atoms. The molecule has 0 heterocycles. The summed E-state index contributed by atoms with van der Waals surface area (Å²) in [6.07, 6.45) is 0.350. The summed E-state index contributed by atoms with van der Waals surface area (Å²) in [5.41, 5.74) is 2.69. The van der Waals surface area contributed by atoms with Crippen molar-refractivity contribution in [1.82, 2.24) is 4.72 Å². The van der Waals surface area contributed by atoms with Gasteiger partial charge >= 0.3 is 0 Å². The number of amides is 1. The van der Waals surface area contributed by atoms with Crippen LogP contribution in [-0.4, -0.2) is 20.4 Å². The number of anilines is 1. The quantitative estimate of drug-likeness (QED) is 0.844. The molecule has 1 unspecified atom stereocenters. The van der Waals surface area contributed by atoms with E-state index in [1.165, 1.54) is 12.1 Å². The van der Waals surface area contributed by atoms with Crippen LogP contribution in [0.25, 0.3) is 0 Å². The lowest BCUT2D eigenvalue weighted by molar-refractivity contribution is -0.117. The summed E-state index contributed by atoms with van der Waals surface area (Å²) in [5.74, 6) is -0.378. The molecule has 2 rings (SSSR count). The topological polar surface area (TPSA) is 75.3 Å². The molecule has 0 aliphatic carbocycles. The van der Waals surface area contributed by atoms with Crippen molar-refractivity contribution in [3.05, 3.63) is 59.7 Å². The van der Waals surface area contributed by atoms with E-state index in [4.69, 9.17) is 0 Å². The first kappa shape index (κ1) is 18.2. The number of nitrogens with one attached hydrogen (secondary N) is 2. The molecule has 0 aromatic heterocycles. The summed E-state index contributed by atoms with van der Waals surface area (Å²) in [5, 5.41) is 2.74. The van der Waals surface area contributed by atoms with Gasteiger partial charge in [0, 0.05) is 5.69 Å². The maximum atomic E-state index is 12.4. The minimum atomic E-state index is -3.74. The summed E-state index contributed by atoms with van der Waals surface area (Å²) >= 11 is 0. The van der Waals surface area contributed by atoms with Crippen LogP contribution in [-0.2, 0) is 14.8 Å². The molecular formula is C18H22N2O3S. The van der Waals surface area contributed by atoms with E-state index in [9.17, 15) is 13.2 Å². The number of carbonyl (C=O) groups excluding carboxylic acids is 1. The van der Waals surface area contributed by atoms with Crippen LogP contribution < -0.4 is 10.0 Å². The molecule has 2 aromatic rings. The molecule has 1 atom stereocenters. The second-order valence-corrected chi connectivity index (χ2v) is 7.46. The highest BCUT2D eigenvalue weighted by Gasteiger charge is 2.24. The van der Waals surface area contributed by atoms with E-state index in [1.54, 1.807) is 31.2 Å². The van der Waals surface area contributed by atoms with Crippen molar-refractivity contribution in [2.45, 2.75) is 38.1 Å². The number of hydrogen-bond acceptors (Lipinski definition) is 3. The Balaban J connectivity index is 2.11. The summed E-state index contributed by atoms with van der Waals surface area (Å²) in [7, 11) is -3.74. The molecule has 0 saturated heterocycles. The Kier molecular flexibility index (Phi) is 5.75. The average molecular weight is 346 g/mol. The van der Waals surface area contributed by atoms with Crippen LogP contribution in [0.5, 0.6) is 0 Å². The maximum absolute atomic E-state index is 12.4. The summed E-state index contributed by atoms with van der Waals surface area (Å²) in [6.45, 7) is 5.60. The molecule has 2 aromatic carbocycles. The highest BCUT2D eigenvalue weighted by Crippen LogP contribution is 2.13. The molecule has 6 heteroatoms. The van der Waals surface area contributed by atoms with Gasteiger partial charge in [-0.25, -0.2) is 8.42 Å². The van der Waals surface area contributed by atoms with E-state index in [2.05, 4.69) is 10.0 Å². The fourth-order valence-corrected chi connectivity index (χ4v) is 3.44. The van der Waals surface area contributed by atoms with Gasteiger partial charge < -0.3 is 5.32 Å². The zero-order valence-electron chi connectivity index (χ0n) is 14.0. The Bertz CT molecular complexity index is 797. The first-order valence-electron chi connectivity index (χ1n) is 7.78. The summed E-state index contributed by atoms with van der Waals surface area (Å²) in [6, 6.07) is 13.0. The van der Waals surface area contributed by atoms with Crippen molar-refractivity contribution in [2.75, 3.05) is 5.32 Å².